The van der Waals surface area contributed by atoms with E-state index in [1.54, 1.807) is 0 Å². The van der Waals surface area contributed by atoms with Crippen LogP contribution in [0.5, 0.6) is 0 Å². The van der Waals surface area contributed by atoms with Gasteiger partial charge in [0.2, 0.25) is 5.91 Å². The highest BCUT2D eigenvalue weighted by molar-refractivity contribution is 5.89. The number of hydrogen-bond acceptors (Lipinski definition) is 4. The minimum atomic E-state index is -1.00. The molecule has 2 aliphatic rings. The lowest BCUT2D eigenvalue weighted by atomic mass is 9.95. The lowest BCUT2D eigenvalue weighted by Crippen LogP contribution is -2.57. The van der Waals surface area contributed by atoms with Gasteiger partial charge >= 0.3 is 12.1 Å². The third kappa shape index (κ3) is 4.65. The zero-order valence-electron chi connectivity index (χ0n) is 19.7. The van der Waals surface area contributed by atoms with E-state index >= 15 is 0 Å². The molecule has 1 aliphatic carbocycles. The number of amides is 2. The molecular weight excluding hydrogens is 432 g/mol. The predicted octanol–water partition coefficient (Wildman–Crippen LogP) is 4.41. The van der Waals surface area contributed by atoms with E-state index in [4.69, 9.17) is 4.74 Å². The van der Waals surface area contributed by atoms with Crippen molar-refractivity contribution in [3.05, 3.63) is 59.7 Å². The number of nitrogens with one attached hydrogen (secondary N) is 1. The maximum absolute atomic E-state index is 13.3. The van der Waals surface area contributed by atoms with Gasteiger partial charge in [0.15, 0.2) is 0 Å². The molecule has 0 aromatic heterocycles. The highest BCUT2D eigenvalue weighted by Crippen LogP contribution is 2.44. The molecule has 0 bridgehead atoms. The molecule has 0 saturated carbocycles. The maximum atomic E-state index is 13.3. The van der Waals surface area contributed by atoms with Gasteiger partial charge in [-0.2, -0.15) is 0 Å². The van der Waals surface area contributed by atoms with E-state index in [9.17, 15) is 19.5 Å². The average Bonchev–Trinajstić information content (AvgIpc) is 3.18. The Hall–Kier alpha value is -3.35. The van der Waals surface area contributed by atoms with E-state index in [1.165, 1.54) is 4.90 Å². The van der Waals surface area contributed by atoms with Crippen LogP contribution in [0.15, 0.2) is 48.5 Å². The fourth-order valence-corrected chi connectivity index (χ4v) is 5.08. The molecule has 3 atom stereocenters. The number of carbonyl (C=O) groups is 3. The highest BCUT2D eigenvalue weighted by atomic mass is 16.5. The molecule has 34 heavy (non-hydrogen) atoms. The number of hydrogen-bond donors (Lipinski definition) is 2. The number of carboxylic acid groups (broad SMARTS) is 1. The topological polar surface area (TPSA) is 95.9 Å². The summed E-state index contributed by atoms with van der Waals surface area (Å²) in [4.78, 5) is 39.3. The molecule has 4 rings (SSSR count). The zero-order chi connectivity index (χ0) is 24.2. The molecular formula is C27H32N2O5. The van der Waals surface area contributed by atoms with Crippen molar-refractivity contribution in [3.8, 4) is 11.1 Å². The number of carboxylic acids is 1. The Morgan fingerprint density at radius 1 is 1.06 bits per heavy atom. The first-order valence-corrected chi connectivity index (χ1v) is 12.1. The summed E-state index contributed by atoms with van der Waals surface area (Å²) < 4.78 is 5.64. The van der Waals surface area contributed by atoms with Crippen molar-refractivity contribution in [2.24, 2.45) is 5.92 Å². The number of piperidine rings is 1. The largest absolute Gasteiger partial charge is 0.480 e. The Bertz CT molecular complexity index is 1020. The van der Waals surface area contributed by atoms with Gasteiger partial charge in [-0.15, -0.1) is 0 Å². The van der Waals surface area contributed by atoms with Crippen LogP contribution in [0.1, 0.15) is 56.6 Å². The van der Waals surface area contributed by atoms with Gasteiger partial charge in [0, 0.05) is 12.5 Å². The van der Waals surface area contributed by atoms with Crippen LogP contribution in [0.4, 0.5) is 4.79 Å². The number of carbonyl (C=O) groups excluding carboxylic acids is 2. The second kappa shape index (κ2) is 10.3. The summed E-state index contributed by atoms with van der Waals surface area (Å²) in [6, 6.07) is 14.5. The molecule has 2 aromatic carbocycles. The fourth-order valence-electron chi connectivity index (χ4n) is 5.08. The Labute approximate surface area is 200 Å². The van der Waals surface area contributed by atoms with Crippen LogP contribution in [0.3, 0.4) is 0 Å². The third-order valence-electron chi connectivity index (χ3n) is 7.17. The molecule has 0 radical (unpaired) electrons. The minimum absolute atomic E-state index is 0.0746. The normalized spacial score (nSPS) is 19.0. The lowest BCUT2D eigenvalue weighted by Gasteiger charge is -2.36. The summed E-state index contributed by atoms with van der Waals surface area (Å²) in [7, 11) is 0. The van der Waals surface area contributed by atoms with Crippen LogP contribution in [-0.4, -0.2) is 53.2 Å². The van der Waals surface area contributed by atoms with Gasteiger partial charge < -0.3 is 20.1 Å². The molecule has 2 aromatic rings. The fraction of sp³-hybridized carbons (Fsp3) is 0.444. The van der Waals surface area contributed by atoms with E-state index in [0.29, 0.717) is 19.4 Å². The van der Waals surface area contributed by atoms with Crippen LogP contribution in [-0.2, 0) is 14.3 Å². The predicted molar refractivity (Wildman–Crippen MR) is 128 cm³/mol. The molecule has 0 unspecified atom stereocenters. The van der Waals surface area contributed by atoms with Crippen molar-refractivity contribution < 1.29 is 24.2 Å². The summed E-state index contributed by atoms with van der Waals surface area (Å²) >= 11 is 0. The quantitative estimate of drug-likeness (QED) is 0.633. The van der Waals surface area contributed by atoms with Crippen molar-refractivity contribution in [1.82, 2.24) is 10.2 Å². The van der Waals surface area contributed by atoms with E-state index in [1.807, 2.05) is 38.1 Å². The minimum Gasteiger partial charge on any atom is -0.480 e. The average molecular weight is 465 g/mol. The van der Waals surface area contributed by atoms with E-state index in [0.717, 1.165) is 35.1 Å². The Morgan fingerprint density at radius 2 is 1.68 bits per heavy atom. The van der Waals surface area contributed by atoms with Crippen molar-refractivity contribution in [1.29, 1.82) is 0 Å². The van der Waals surface area contributed by atoms with Gasteiger partial charge in [-0.3, -0.25) is 4.79 Å². The monoisotopic (exact) mass is 464 g/mol. The first kappa shape index (κ1) is 23.8. The smallest absolute Gasteiger partial charge is 0.407 e. The van der Waals surface area contributed by atoms with Crippen molar-refractivity contribution in [3.63, 3.8) is 0 Å². The Morgan fingerprint density at radius 3 is 2.26 bits per heavy atom. The molecule has 1 saturated heterocycles. The zero-order valence-corrected chi connectivity index (χ0v) is 19.7. The van der Waals surface area contributed by atoms with E-state index in [-0.39, 0.29) is 24.3 Å². The molecule has 180 valence electrons. The second-order valence-electron chi connectivity index (χ2n) is 9.21. The van der Waals surface area contributed by atoms with Gasteiger partial charge in [-0.05, 0) is 47.4 Å². The molecule has 0 spiro atoms. The third-order valence-corrected chi connectivity index (χ3v) is 7.17. The van der Waals surface area contributed by atoms with Crippen LogP contribution in [0.2, 0.25) is 0 Å². The first-order valence-electron chi connectivity index (χ1n) is 12.1. The molecule has 2 N–H and O–H groups in total. The SMILES string of the molecule is CC[C@H](C)[C@H](NC(=O)OCC1c2ccccc2-c2ccccc21)C(=O)N1CCCC[C@H]1C(=O)O. The standard InChI is InChI=1S/C27H32N2O5/c1-3-17(2)24(25(30)29-15-9-8-14-23(29)26(31)32)28-27(33)34-16-22-20-12-6-4-10-18(20)19-11-5-7-13-21(19)22/h4-7,10-13,17,22-24H,3,8-9,14-16H2,1-2H3,(H,28,33)(H,31,32)/t17-,23-,24-/m0/s1. The van der Waals surface area contributed by atoms with Gasteiger partial charge in [0.1, 0.15) is 18.7 Å². The summed E-state index contributed by atoms with van der Waals surface area (Å²) in [6.07, 6.45) is 1.96. The van der Waals surface area contributed by atoms with Gasteiger partial charge in [0.25, 0.3) is 0 Å². The Balaban J connectivity index is 1.46. The Kier molecular flexibility index (Phi) is 7.20. The molecule has 1 aliphatic heterocycles. The number of benzene rings is 2. The molecule has 1 heterocycles. The number of likely N-dealkylation sites (tertiary alicyclic amines) is 1. The number of alkyl carbamates (subject to hydrolysis) is 1. The number of fused-ring (bicyclic) bond motifs is 3. The molecule has 1 fully saturated rings. The van der Waals surface area contributed by atoms with Gasteiger partial charge in [-0.25, -0.2) is 9.59 Å². The molecule has 7 nitrogen and oxygen atoms in total. The summed E-state index contributed by atoms with van der Waals surface area (Å²) in [6.45, 7) is 4.36. The number of rotatable bonds is 7. The maximum Gasteiger partial charge on any atom is 0.407 e. The van der Waals surface area contributed by atoms with E-state index < -0.39 is 24.1 Å². The lowest BCUT2D eigenvalue weighted by molar-refractivity contribution is -0.153. The summed E-state index contributed by atoms with van der Waals surface area (Å²) in [5, 5.41) is 12.3. The van der Waals surface area contributed by atoms with Crippen molar-refractivity contribution in [2.45, 2.75) is 57.5 Å². The van der Waals surface area contributed by atoms with Crippen LogP contribution in [0.25, 0.3) is 11.1 Å². The van der Waals surface area contributed by atoms with Gasteiger partial charge in [-0.1, -0.05) is 68.8 Å². The van der Waals surface area contributed by atoms with Gasteiger partial charge in [0.05, 0.1) is 0 Å². The highest BCUT2D eigenvalue weighted by Gasteiger charge is 2.38. The van der Waals surface area contributed by atoms with Crippen molar-refractivity contribution in [2.75, 3.05) is 13.2 Å². The molecule has 7 heteroatoms. The number of nitrogens with zero attached hydrogens (tertiary/aromatic N) is 1. The summed E-state index contributed by atoms with van der Waals surface area (Å²) in [5.41, 5.74) is 4.52. The molecule has 2 amide bonds. The van der Waals surface area contributed by atoms with Crippen LogP contribution in [0, 0.1) is 5.92 Å². The second-order valence-corrected chi connectivity index (χ2v) is 9.21. The van der Waals surface area contributed by atoms with Crippen molar-refractivity contribution >= 4 is 18.0 Å². The number of ether oxygens (including phenoxy) is 1. The first-order chi connectivity index (χ1) is 16.4. The number of aliphatic carboxylic acids is 1. The van der Waals surface area contributed by atoms with Crippen LogP contribution < -0.4 is 5.32 Å². The van der Waals surface area contributed by atoms with E-state index in [2.05, 4.69) is 29.6 Å². The summed E-state index contributed by atoms with van der Waals surface area (Å²) in [5.74, 6) is -1.59. The van der Waals surface area contributed by atoms with Crippen LogP contribution >= 0.6 is 0 Å².